The van der Waals surface area contributed by atoms with Gasteiger partial charge in [-0.2, -0.15) is 0 Å². The van der Waals surface area contributed by atoms with Crippen molar-refractivity contribution in [2.24, 2.45) is 5.92 Å². The van der Waals surface area contributed by atoms with Crippen LogP contribution in [0.25, 0.3) is 0 Å². The number of allylic oxidation sites excluding steroid dienone is 2. The van der Waals surface area contributed by atoms with Gasteiger partial charge >= 0.3 is 0 Å². The lowest BCUT2D eigenvalue weighted by atomic mass is 9.77. The summed E-state index contributed by atoms with van der Waals surface area (Å²) in [6.45, 7) is 0.880. The molecule has 0 saturated heterocycles. The molecule has 3 unspecified atom stereocenters. The van der Waals surface area contributed by atoms with Crippen LogP contribution in [-0.2, 0) is 0 Å². The Kier molecular flexibility index (Phi) is 5.50. The van der Waals surface area contributed by atoms with Crippen molar-refractivity contribution in [1.29, 1.82) is 0 Å². The third-order valence-corrected chi connectivity index (χ3v) is 6.17. The van der Waals surface area contributed by atoms with Gasteiger partial charge in [0.1, 0.15) is 24.7 Å². The zero-order valence-electron chi connectivity index (χ0n) is 17.5. The molecule has 6 nitrogen and oxygen atoms in total. The molecular formula is C26H24N2O4. The molecule has 0 bridgehead atoms. The summed E-state index contributed by atoms with van der Waals surface area (Å²) in [5.74, 6) is 2.27. The molecule has 1 heterocycles. The Morgan fingerprint density at radius 2 is 1.72 bits per heavy atom. The predicted molar refractivity (Wildman–Crippen MR) is 123 cm³/mol. The summed E-state index contributed by atoms with van der Waals surface area (Å²) in [6, 6.07) is 22.8. The lowest BCUT2D eigenvalue weighted by molar-refractivity contribution is -0.384. The topological polar surface area (TPSA) is 73.6 Å². The molecule has 1 aliphatic heterocycles. The average molecular weight is 428 g/mol. The lowest BCUT2D eigenvalue weighted by Gasteiger charge is -2.38. The van der Waals surface area contributed by atoms with Gasteiger partial charge in [-0.15, -0.1) is 0 Å². The standard InChI is InChI=1S/C26H24N2O4/c29-28(30)19-14-12-18(13-15-19)25-22-9-4-8-21(22)23-10-5-11-24(26(23)27-25)32-17-16-31-20-6-2-1-3-7-20/h1-8,10-15,21-22,25,27H,9,16-17H2. The monoisotopic (exact) mass is 428 g/mol. The Balaban J connectivity index is 1.35. The summed E-state index contributed by atoms with van der Waals surface area (Å²) in [5, 5.41) is 14.7. The highest BCUT2D eigenvalue weighted by molar-refractivity contribution is 5.67. The first-order chi connectivity index (χ1) is 15.7. The second-order valence-corrected chi connectivity index (χ2v) is 8.05. The van der Waals surface area contributed by atoms with E-state index in [-0.39, 0.29) is 22.6 Å². The molecule has 0 fully saturated rings. The molecule has 2 aliphatic rings. The molecule has 162 valence electrons. The van der Waals surface area contributed by atoms with Crippen LogP contribution in [0.1, 0.15) is 29.5 Å². The first-order valence-electron chi connectivity index (χ1n) is 10.8. The molecule has 0 aromatic heterocycles. The van der Waals surface area contributed by atoms with Crippen molar-refractivity contribution in [3.05, 3.63) is 106 Å². The van der Waals surface area contributed by atoms with Crippen molar-refractivity contribution in [3.63, 3.8) is 0 Å². The third kappa shape index (κ3) is 3.91. The second-order valence-electron chi connectivity index (χ2n) is 8.05. The molecule has 1 aliphatic carbocycles. The molecule has 3 atom stereocenters. The molecule has 1 N–H and O–H groups in total. The quantitative estimate of drug-likeness (QED) is 0.220. The van der Waals surface area contributed by atoms with Gasteiger partial charge in [0.05, 0.1) is 16.7 Å². The zero-order chi connectivity index (χ0) is 21.9. The number of hydrogen-bond donors (Lipinski definition) is 1. The average Bonchev–Trinajstić information content (AvgIpc) is 3.32. The molecule has 5 rings (SSSR count). The van der Waals surface area contributed by atoms with Crippen molar-refractivity contribution in [3.8, 4) is 11.5 Å². The molecule has 0 amide bonds. The Morgan fingerprint density at radius 3 is 2.50 bits per heavy atom. The normalized spacial score (nSPS) is 20.7. The summed E-state index contributed by atoms with van der Waals surface area (Å²) in [6.07, 6.45) is 5.46. The van der Waals surface area contributed by atoms with Gasteiger partial charge < -0.3 is 14.8 Å². The number of hydrogen-bond acceptors (Lipinski definition) is 5. The largest absolute Gasteiger partial charge is 0.490 e. The van der Waals surface area contributed by atoms with E-state index >= 15 is 0 Å². The Bertz CT molecular complexity index is 1130. The van der Waals surface area contributed by atoms with E-state index < -0.39 is 0 Å². The summed E-state index contributed by atoms with van der Waals surface area (Å²) in [4.78, 5) is 10.7. The van der Waals surface area contributed by atoms with E-state index in [9.17, 15) is 10.1 Å². The number of fused-ring (bicyclic) bond motifs is 3. The molecule has 3 aromatic rings. The zero-order valence-corrected chi connectivity index (χ0v) is 17.5. The van der Waals surface area contributed by atoms with Crippen molar-refractivity contribution in [1.82, 2.24) is 0 Å². The number of nitro groups is 1. The summed E-state index contributed by atoms with van der Waals surface area (Å²) < 4.78 is 11.9. The Hall–Kier alpha value is -3.80. The van der Waals surface area contributed by atoms with E-state index in [0.717, 1.165) is 29.2 Å². The maximum atomic E-state index is 11.0. The Morgan fingerprint density at radius 1 is 0.938 bits per heavy atom. The van der Waals surface area contributed by atoms with Crippen molar-refractivity contribution in [2.75, 3.05) is 18.5 Å². The van der Waals surface area contributed by atoms with Gasteiger partial charge in [-0.1, -0.05) is 54.6 Å². The number of benzene rings is 3. The minimum Gasteiger partial charge on any atom is -0.490 e. The van der Waals surface area contributed by atoms with Crippen LogP contribution in [0.5, 0.6) is 11.5 Å². The van der Waals surface area contributed by atoms with Crippen LogP contribution >= 0.6 is 0 Å². The van der Waals surface area contributed by atoms with Gasteiger partial charge in [0.15, 0.2) is 0 Å². The number of non-ortho nitro benzene ring substituents is 1. The molecular weight excluding hydrogens is 404 g/mol. The molecule has 0 spiro atoms. The van der Waals surface area contributed by atoms with Crippen LogP contribution in [0, 0.1) is 16.0 Å². The van der Waals surface area contributed by atoms with E-state index in [2.05, 4.69) is 23.5 Å². The minimum atomic E-state index is -0.364. The van der Waals surface area contributed by atoms with Crippen LogP contribution in [0.15, 0.2) is 84.9 Å². The molecule has 3 aromatic carbocycles. The number of nitrogens with zero attached hydrogens (tertiary/aromatic N) is 1. The molecule has 0 radical (unpaired) electrons. The van der Waals surface area contributed by atoms with Gasteiger partial charge in [0.2, 0.25) is 0 Å². The fraction of sp³-hybridized carbons (Fsp3) is 0.231. The lowest BCUT2D eigenvalue weighted by Crippen LogP contribution is -2.29. The van der Waals surface area contributed by atoms with Crippen molar-refractivity contribution >= 4 is 11.4 Å². The van der Waals surface area contributed by atoms with Gasteiger partial charge in [-0.3, -0.25) is 10.1 Å². The maximum Gasteiger partial charge on any atom is 0.269 e. The molecule has 32 heavy (non-hydrogen) atoms. The number of nitrogens with one attached hydrogen (secondary N) is 1. The number of para-hydroxylation sites is 2. The maximum absolute atomic E-state index is 11.0. The molecule has 6 heteroatoms. The smallest absolute Gasteiger partial charge is 0.269 e. The number of ether oxygens (including phenoxy) is 2. The van der Waals surface area contributed by atoms with Crippen LogP contribution < -0.4 is 14.8 Å². The van der Waals surface area contributed by atoms with Crippen LogP contribution in [0.4, 0.5) is 11.4 Å². The number of rotatable bonds is 7. The first-order valence-corrected chi connectivity index (χ1v) is 10.8. The van der Waals surface area contributed by atoms with E-state index in [1.54, 1.807) is 12.1 Å². The third-order valence-electron chi connectivity index (χ3n) is 6.17. The highest BCUT2D eigenvalue weighted by atomic mass is 16.6. The van der Waals surface area contributed by atoms with Crippen molar-refractivity contribution < 1.29 is 14.4 Å². The first kappa shape index (κ1) is 20.1. The number of nitro benzene ring substituents is 1. The summed E-state index contributed by atoms with van der Waals surface area (Å²) in [5.41, 5.74) is 3.36. The fourth-order valence-corrected chi connectivity index (χ4v) is 4.67. The summed E-state index contributed by atoms with van der Waals surface area (Å²) >= 11 is 0. The summed E-state index contributed by atoms with van der Waals surface area (Å²) in [7, 11) is 0. The van der Waals surface area contributed by atoms with Crippen LogP contribution in [0.3, 0.4) is 0 Å². The Labute approximate surface area is 186 Å². The fourth-order valence-electron chi connectivity index (χ4n) is 4.67. The highest BCUT2D eigenvalue weighted by Gasteiger charge is 2.39. The van der Waals surface area contributed by atoms with E-state index in [1.165, 1.54) is 5.56 Å². The second kappa shape index (κ2) is 8.75. The highest BCUT2D eigenvalue weighted by Crippen LogP contribution is 2.52. The van der Waals surface area contributed by atoms with Gasteiger partial charge in [0.25, 0.3) is 5.69 Å². The van der Waals surface area contributed by atoms with E-state index in [4.69, 9.17) is 9.47 Å². The van der Waals surface area contributed by atoms with Crippen molar-refractivity contribution in [2.45, 2.75) is 18.4 Å². The number of anilines is 1. The van der Waals surface area contributed by atoms with Gasteiger partial charge in [-0.05, 0) is 41.7 Å². The van der Waals surface area contributed by atoms with Crippen LogP contribution in [-0.4, -0.2) is 18.1 Å². The van der Waals surface area contributed by atoms with E-state index in [0.29, 0.717) is 19.1 Å². The van der Waals surface area contributed by atoms with Gasteiger partial charge in [-0.25, -0.2) is 0 Å². The minimum absolute atomic E-state index is 0.0497. The van der Waals surface area contributed by atoms with E-state index in [1.807, 2.05) is 54.6 Å². The SMILES string of the molecule is O=[N+]([O-])c1ccc(C2Nc3c(OCCOc4ccccc4)cccc3C3C=CCC32)cc1. The van der Waals surface area contributed by atoms with Crippen LogP contribution in [0.2, 0.25) is 0 Å². The van der Waals surface area contributed by atoms with Gasteiger partial charge in [0, 0.05) is 18.1 Å². The predicted octanol–water partition coefficient (Wildman–Crippen LogP) is 5.88. The molecule has 0 saturated carbocycles.